The minimum atomic E-state index is -4.79. The first kappa shape index (κ1) is 25.2. The van der Waals surface area contributed by atoms with Gasteiger partial charge in [-0.1, -0.05) is 24.3 Å². The number of hydrogen-bond donors (Lipinski definition) is 0. The van der Waals surface area contributed by atoms with Crippen LogP contribution in [0.4, 0.5) is 13.2 Å². The third-order valence-corrected chi connectivity index (χ3v) is 5.38. The van der Waals surface area contributed by atoms with Gasteiger partial charge in [0.05, 0.1) is 12.7 Å². The summed E-state index contributed by atoms with van der Waals surface area (Å²) in [4.78, 5) is 36.3. The molecule has 0 N–H and O–H groups in total. The molecule has 2 aromatic rings. The Bertz CT molecular complexity index is 1020. The molecule has 0 spiro atoms. The first-order chi connectivity index (χ1) is 16.1. The molecule has 0 radical (unpaired) electrons. The van der Waals surface area contributed by atoms with Gasteiger partial charge in [-0.15, -0.1) is 13.2 Å². The SMILES string of the molecule is COC(=O)c1ccc(CCN2C(=O)CCN2CCC(=O)Cc2cccc(OC(F)(F)F)c2)cc1. The maximum Gasteiger partial charge on any atom is 0.573 e. The van der Waals surface area contributed by atoms with Crippen LogP contribution in [0.2, 0.25) is 0 Å². The van der Waals surface area contributed by atoms with Gasteiger partial charge < -0.3 is 9.47 Å². The third-order valence-electron chi connectivity index (χ3n) is 5.38. The van der Waals surface area contributed by atoms with Crippen LogP contribution in [0.3, 0.4) is 0 Å². The molecule has 0 unspecified atom stereocenters. The Morgan fingerprint density at radius 3 is 2.44 bits per heavy atom. The minimum Gasteiger partial charge on any atom is -0.465 e. The molecule has 182 valence electrons. The number of ketones is 1. The van der Waals surface area contributed by atoms with E-state index in [9.17, 15) is 27.6 Å². The summed E-state index contributed by atoms with van der Waals surface area (Å²) in [5, 5.41) is 3.45. The van der Waals surface area contributed by atoms with Crippen molar-refractivity contribution in [1.29, 1.82) is 0 Å². The Labute approximate surface area is 195 Å². The predicted molar refractivity (Wildman–Crippen MR) is 116 cm³/mol. The monoisotopic (exact) mass is 478 g/mol. The fourth-order valence-corrected chi connectivity index (χ4v) is 3.71. The van der Waals surface area contributed by atoms with Crippen LogP contribution in [0.5, 0.6) is 5.75 Å². The van der Waals surface area contributed by atoms with Crippen molar-refractivity contribution in [2.75, 3.05) is 26.7 Å². The number of nitrogens with zero attached hydrogens (tertiary/aromatic N) is 2. The number of carbonyl (C=O) groups excluding carboxylic acids is 3. The van der Waals surface area contributed by atoms with E-state index < -0.39 is 12.3 Å². The Balaban J connectivity index is 1.50. The number of amides is 1. The number of halogens is 3. The smallest absolute Gasteiger partial charge is 0.465 e. The van der Waals surface area contributed by atoms with E-state index in [1.807, 2.05) is 5.01 Å². The van der Waals surface area contributed by atoms with Gasteiger partial charge in [-0.3, -0.25) is 14.6 Å². The zero-order valence-electron chi connectivity index (χ0n) is 18.6. The van der Waals surface area contributed by atoms with Gasteiger partial charge in [-0.25, -0.2) is 9.80 Å². The lowest BCUT2D eigenvalue weighted by molar-refractivity contribution is -0.274. The van der Waals surface area contributed by atoms with Crippen LogP contribution in [-0.2, 0) is 27.2 Å². The van der Waals surface area contributed by atoms with Crippen molar-refractivity contribution in [2.45, 2.75) is 32.0 Å². The quantitative estimate of drug-likeness (QED) is 0.486. The van der Waals surface area contributed by atoms with Crippen molar-refractivity contribution in [1.82, 2.24) is 10.0 Å². The van der Waals surface area contributed by atoms with E-state index >= 15 is 0 Å². The van der Waals surface area contributed by atoms with Crippen molar-refractivity contribution in [3.8, 4) is 5.75 Å². The van der Waals surface area contributed by atoms with E-state index in [1.165, 1.54) is 25.3 Å². The molecule has 2 aromatic carbocycles. The number of benzene rings is 2. The fourth-order valence-electron chi connectivity index (χ4n) is 3.71. The normalized spacial score (nSPS) is 14.4. The molecule has 0 atom stereocenters. The number of esters is 1. The summed E-state index contributed by atoms with van der Waals surface area (Å²) < 4.78 is 45.7. The first-order valence-electron chi connectivity index (χ1n) is 10.7. The highest BCUT2D eigenvalue weighted by Gasteiger charge is 2.31. The van der Waals surface area contributed by atoms with Gasteiger partial charge >= 0.3 is 12.3 Å². The molecular formula is C24H25F3N2O5. The highest BCUT2D eigenvalue weighted by molar-refractivity contribution is 5.89. The molecule has 1 aliphatic rings. The Hall–Kier alpha value is -3.40. The molecule has 1 saturated heterocycles. The maximum atomic E-state index is 12.4. The van der Waals surface area contributed by atoms with Gasteiger partial charge in [-0.2, -0.15) is 0 Å². The first-order valence-corrected chi connectivity index (χ1v) is 10.7. The molecule has 0 saturated carbocycles. The molecule has 34 heavy (non-hydrogen) atoms. The van der Waals surface area contributed by atoms with Crippen LogP contribution in [0.25, 0.3) is 0 Å². The third kappa shape index (κ3) is 7.31. The van der Waals surface area contributed by atoms with Crippen LogP contribution >= 0.6 is 0 Å². The number of hydrazine groups is 1. The van der Waals surface area contributed by atoms with Crippen LogP contribution in [-0.4, -0.2) is 60.8 Å². The zero-order valence-corrected chi connectivity index (χ0v) is 18.6. The molecule has 7 nitrogen and oxygen atoms in total. The average Bonchev–Trinajstić information content (AvgIpc) is 3.14. The van der Waals surface area contributed by atoms with Crippen molar-refractivity contribution >= 4 is 17.7 Å². The second-order valence-corrected chi connectivity index (χ2v) is 7.82. The molecule has 10 heteroatoms. The van der Waals surface area contributed by atoms with E-state index in [2.05, 4.69) is 9.47 Å². The second-order valence-electron chi connectivity index (χ2n) is 7.82. The number of alkyl halides is 3. The zero-order chi connectivity index (χ0) is 24.7. The van der Waals surface area contributed by atoms with Crippen LogP contribution < -0.4 is 4.74 Å². The molecule has 3 rings (SSSR count). The number of rotatable bonds is 10. The standard InChI is InChI=1S/C24H25F3N2O5/c1-33-23(32)19-7-5-17(6-8-19)9-14-29-22(31)11-13-28(29)12-10-20(30)15-18-3-2-4-21(16-18)34-24(25,26)27/h2-8,16H,9-15H2,1H3. The maximum absolute atomic E-state index is 12.4. The number of Topliss-reactive ketones (excluding diaryl/α,β-unsaturated/α-hetero) is 1. The van der Waals surface area contributed by atoms with Crippen molar-refractivity contribution in [3.63, 3.8) is 0 Å². The molecular weight excluding hydrogens is 453 g/mol. The number of carbonyl (C=O) groups is 3. The molecule has 0 aromatic heterocycles. The summed E-state index contributed by atoms with van der Waals surface area (Å²) >= 11 is 0. The Morgan fingerprint density at radius 2 is 1.76 bits per heavy atom. The number of methoxy groups -OCH3 is 1. The van der Waals surface area contributed by atoms with Gasteiger partial charge in [0, 0.05) is 38.9 Å². The molecule has 1 amide bonds. The van der Waals surface area contributed by atoms with E-state index in [0.29, 0.717) is 43.6 Å². The van der Waals surface area contributed by atoms with Crippen molar-refractivity contribution in [3.05, 3.63) is 65.2 Å². The Morgan fingerprint density at radius 1 is 1.03 bits per heavy atom. The summed E-state index contributed by atoms with van der Waals surface area (Å²) in [7, 11) is 1.31. The highest BCUT2D eigenvalue weighted by Crippen LogP contribution is 2.24. The highest BCUT2D eigenvalue weighted by atomic mass is 19.4. The van der Waals surface area contributed by atoms with Crippen LogP contribution in [0, 0.1) is 0 Å². The van der Waals surface area contributed by atoms with E-state index in [4.69, 9.17) is 0 Å². The molecule has 1 aliphatic heterocycles. The summed E-state index contributed by atoms with van der Waals surface area (Å²) in [6, 6.07) is 12.3. The van der Waals surface area contributed by atoms with Crippen molar-refractivity contribution in [2.24, 2.45) is 0 Å². The molecule has 0 bridgehead atoms. The van der Waals surface area contributed by atoms with E-state index in [1.54, 1.807) is 35.3 Å². The van der Waals surface area contributed by atoms with Crippen LogP contribution in [0.1, 0.15) is 34.3 Å². The minimum absolute atomic E-state index is 0.0244. The molecule has 1 heterocycles. The van der Waals surface area contributed by atoms with Gasteiger partial charge in [0.2, 0.25) is 5.91 Å². The van der Waals surface area contributed by atoms with E-state index in [-0.39, 0.29) is 30.3 Å². The summed E-state index contributed by atoms with van der Waals surface area (Å²) in [6.45, 7) is 1.27. The lowest BCUT2D eigenvalue weighted by Gasteiger charge is -2.27. The largest absolute Gasteiger partial charge is 0.573 e. The summed E-state index contributed by atoms with van der Waals surface area (Å²) in [6.07, 6.45) is -3.74. The predicted octanol–water partition coefficient (Wildman–Crippen LogP) is 3.57. The van der Waals surface area contributed by atoms with Crippen molar-refractivity contribution < 1.29 is 37.0 Å². The van der Waals surface area contributed by atoms with Gasteiger partial charge in [0.25, 0.3) is 0 Å². The lowest BCUT2D eigenvalue weighted by Crippen LogP contribution is -2.41. The van der Waals surface area contributed by atoms with Gasteiger partial charge in [-0.05, 0) is 41.8 Å². The lowest BCUT2D eigenvalue weighted by atomic mass is 10.1. The second kappa shape index (κ2) is 11.1. The molecule has 0 aliphatic carbocycles. The van der Waals surface area contributed by atoms with E-state index in [0.717, 1.165) is 5.56 Å². The summed E-state index contributed by atoms with van der Waals surface area (Å²) in [5.41, 5.74) is 1.82. The van der Waals surface area contributed by atoms with Gasteiger partial charge in [0.15, 0.2) is 0 Å². The number of hydrogen-bond acceptors (Lipinski definition) is 6. The molecule has 1 fully saturated rings. The average molecular weight is 478 g/mol. The summed E-state index contributed by atoms with van der Waals surface area (Å²) in [5.74, 6) is -0.970. The topological polar surface area (TPSA) is 76.2 Å². The number of ether oxygens (including phenoxy) is 2. The van der Waals surface area contributed by atoms with Crippen LogP contribution in [0.15, 0.2) is 48.5 Å². The fraction of sp³-hybridized carbons (Fsp3) is 0.375. The van der Waals surface area contributed by atoms with Gasteiger partial charge in [0.1, 0.15) is 11.5 Å². The Kier molecular flexibility index (Phi) is 8.27.